The Morgan fingerprint density at radius 2 is 2.00 bits per heavy atom. The van der Waals surface area contributed by atoms with Gasteiger partial charge in [0, 0.05) is 18.5 Å². The number of hydrogen-bond donors (Lipinski definition) is 0. The molecule has 1 aliphatic heterocycles. The van der Waals surface area contributed by atoms with Crippen LogP contribution in [0.15, 0.2) is 53.1 Å². The number of amides is 1. The highest BCUT2D eigenvalue weighted by molar-refractivity contribution is 6.33. The second-order valence-electron chi connectivity index (χ2n) is 6.69. The van der Waals surface area contributed by atoms with Crippen molar-refractivity contribution in [1.82, 2.24) is 10.1 Å². The molecule has 1 unspecified atom stereocenters. The van der Waals surface area contributed by atoms with Gasteiger partial charge >= 0.3 is 0 Å². The van der Waals surface area contributed by atoms with Crippen molar-refractivity contribution in [2.24, 2.45) is 0 Å². The number of halogens is 1. The average molecular weight is 398 g/mol. The van der Waals surface area contributed by atoms with Gasteiger partial charge in [0.15, 0.2) is 0 Å². The first kappa shape index (κ1) is 18.5. The van der Waals surface area contributed by atoms with Gasteiger partial charge < -0.3 is 14.2 Å². The summed E-state index contributed by atoms with van der Waals surface area (Å²) in [5, 5.41) is 4.63. The first-order chi connectivity index (χ1) is 13.7. The van der Waals surface area contributed by atoms with Gasteiger partial charge in [-0.2, -0.15) is 4.98 Å². The molecule has 0 N–H and O–H groups in total. The Kier molecular flexibility index (Phi) is 5.30. The third kappa shape index (κ3) is 3.73. The highest BCUT2D eigenvalue weighted by atomic mass is 35.5. The summed E-state index contributed by atoms with van der Waals surface area (Å²) in [5.74, 6) is 1.61. The summed E-state index contributed by atoms with van der Waals surface area (Å²) in [4.78, 5) is 18.7. The predicted octanol–water partition coefficient (Wildman–Crippen LogP) is 4.70. The van der Waals surface area contributed by atoms with Gasteiger partial charge in [0.1, 0.15) is 5.75 Å². The minimum absolute atomic E-state index is 0.00437. The van der Waals surface area contributed by atoms with E-state index in [1.165, 1.54) is 0 Å². The van der Waals surface area contributed by atoms with Gasteiger partial charge in [0.25, 0.3) is 0 Å². The number of carbonyl (C=O) groups is 1. The molecule has 0 radical (unpaired) electrons. The van der Waals surface area contributed by atoms with Crippen LogP contribution in [-0.4, -0.2) is 29.2 Å². The topological polar surface area (TPSA) is 68.5 Å². The molecule has 1 aromatic heterocycles. The summed E-state index contributed by atoms with van der Waals surface area (Å²) >= 11 is 6.24. The van der Waals surface area contributed by atoms with E-state index in [1.807, 2.05) is 42.5 Å². The van der Waals surface area contributed by atoms with Gasteiger partial charge in [-0.25, -0.2) is 0 Å². The fourth-order valence-corrected chi connectivity index (χ4v) is 3.45. The van der Waals surface area contributed by atoms with Gasteiger partial charge in [-0.3, -0.25) is 4.79 Å². The zero-order valence-corrected chi connectivity index (χ0v) is 16.2. The van der Waals surface area contributed by atoms with Crippen LogP contribution in [0, 0.1) is 0 Å². The number of aromatic nitrogens is 2. The van der Waals surface area contributed by atoms with E-state index >= 15 is 0 Å². The summed E-state index contributed by atoms with van der Waals surface area (Å²) in [6, 6.07) is 14.9. The maximum absolute atomic E-state index is 12.5. The smallest absolute Gasteiger partial charge is 0.232 e. The molecule has 2 heterocycles. The minimum Gasteiger partial charge on any atom is -0.494 e. The van der Waals surface area contributed by atoms with Gasteiger partial charge in [0.2, 0.25) is 17.6 Å². The Hall–Kier alpha value is -2.86. The molecule has 6 nitrogen and oxygen atoms in total. The number of nitrogens with zero attached hydrogens (tertiary/aromatic N) is 3. The van der Waals surface area contributed by atoms with Crippen LogP contribution in [0.4, 0.5) is 5.69 Å². The van der Waals surface area contributed by atoms with Crippen molar-refractivity contribution in [2.75, 3.05) is 18.1 Å². The van der Waals surface area contributed by atoms with Crippen LogP contribution in [0.5, 0.6) is 5.75 Å². The van der Waals surface area contributed by atoms with Crippen molar-refractivity contribution in [2.45, 2.75) is 25.7 Å². The van der Waals surface area contributed by atoms with Crippen LogP contribution in [0.1, 0.15) is 31.6 Å². The minimum atomic E-state index is -0.155. The molecule has 3 aromatic rings. The lowest BCUT2D eigenvalue weighted by molar-refractivity contribution is -0.117. The third-order valence-electron chi connectivity index (χ3n) is 4.64. The molecule has 28 heavy (non-hydrogen) atoms. The van der Waals surface area contributed by atoms with Crippen LogP contribution < -0.4 is 9.64 Å². The number of rotatable bonds is 6. The van der Waals surface area contributed by atoms with Crippen molar-refractivity contribution in [1.29, 1.82) is 0 Å². The second-order valence-corrected chi connectivity index (χ2v) is 7.09. The lowest BCUT2D eigenvalue weighted by Crippen LogP contribution is -2.24. The van der Waals surface area contributed by atoms with E-state index in [1.54, 1.807) is 11.0 Å². The monoisotopic (exact) mass is 397 g/mol. The van der Waals surface area contributed by atoms with E-state index in [-0.39, 0.29) is 11.8 Å². The van der Waals surface area contributed by atoms with Crippen molar-refractivity contribution in [3.63, 3.8) is 0 Å². The highest BCUT2D eigenvalue weighted by Gasteiger charge is 2.35. The number of hydrogen-bond acceptors (Lipinski definition) is 5. The van der Waals surface area contributed by atoms with Crippen molar-refractivity contribution in [3.05, 3.63) is 59.4 Å². The first-order valence-corrected chi connectivity index (χ1v) is 9.65. The molecule has 1 amide bonds. The van der Waals surface area contributed by atoms with E-state index < -0.39 is 0 Å². The molecular weight excluding hydrogens is 378 g/mol. The molecule has 1 atom stereocenters. The molecule has 0 saturated carbocycles. The number of anilines is 1. The number of para-hydroxylation sites is 1. The molecule has 0 aliphatic carbocycles. The number of ether oxygens (including phenoxy) is 1. The third-order valence-corrected chi connectivity index (χ3v) is 4.96. The van der Waals surface area contributed by atoms with Gasteiger partial charge in [-0.1, -0.05) is 35.8 Å². The van der Waals surface area contributed by atoms with Crippen molar-refractivity contribution in [3.8, 4) is 17.1 Å². The zero-order valence-electron chi connectivity index (χ0n) is 15.5. The van der Waals surface area contributed by atoms with E-state index in [2.05, 4.69) is 17.1 Å². The maximum atomic E-state index is 12.5. The normalized spacial score (nSPS) is 16.6. The van der Waals surface area contributed by atoms with Gasteiger partial charge in [-0.15, -0.1) is 0 Å². The Bertz CT molecular complexity index is 971. The number of carbonyl (C=O) groups excluding carboxylic acids is 1. The van der Waals surface area contributed by atoms with Crippen LogP contribution in [0.25, 0.3) is 11.4 Å². The number of benzene rings is 2. The SMILES string of the molecule is CCCOc1ccc(-c2noc(C3CC(=O)N(c4ccccc4Cl)C3)n2)cc1. The lowest BCUT2D eigenvalue weighted by Gasteiger charge is -2.17. The van der Waals surface area contributed by atoms with Crippen LogP contribution in [0.2, 0.25) is 5.02 Å². The van der Waals surface area contributed by atoms with E-state index in [4.69, 9.17) is 20.9 Å². The molecule has 7 heteroatoms. The fourth-order valence-electron chi connectivity index (χ4n) is 3.21. The summed E-state index contributed by atoms with van der Waals surface area (Å²) < 4.78 is 11.0. The summed E-state index contributed by atoms with van der Waals surface area (Å²) in [7, 11) is 0. The largest absolute Gasteiger partial charge is 0.494 e. The van der Waals surface area contributed by atoms with Gasteiger partial charge in [0.05, 0.1) is 23.2 Å². The van der Waals surface area contributed by atoms with E-state index in [0.29, 0.717) is 42.0 Å². The van der Waals surface area contributed by atoms with Crippen LogP contribution in [0.3, 0.4) is 0 Å². The average Bonchev–Trinajstić information content (AvgIpc) is 3.34. The molecule has 1 aliphatic rings. The van der Waals surface area contributed by atoms with Crippen molar-refractivity contribution >= 4 is 23.2 Å². The first-order valence-electron chi connectivity index (χ1n) is 9.27. The molecule has 0 bridgehead atoms. The van der Waals surface area contributed by atoms with E-state index in [0.717, 1.165) is 17.7 Å². The summed E-state index contributed by atoms with van der Waals surface area (Å²) in [5.41, 5.74) is 1.55. The second kappa shape index (κ2) is 8.02. The van der Waals surface area contributed by atoms with Crippen molar-refractivity contribution < 1.29 is 14.1 Å². The highest BCUT2D eigenvalue weighted by Crippen LogP contribution is 2.35. The predicted molar refractivity (Wildman–Crippen MR) is 107 cm³/mol. The molecule has 0 spiro atoms. The Balaban J connectivity index is 1.49. The molecular formula is C21H20ClN3O3. The molecule has 1 saturated heterocycles. The standard InChI is InChI=1S/C21H20ClN3O3/c1-2-11-27-16-9-7-14(8-10-16)20-23-21(28-24-20)15-12-19(26)25(13-15)18-6-4-3-5-17(18)22/h3-10,15H,2,11-13H2,1H3. The van der Waals surface area contributed by atoms with Crippen LogP contribution >= 0.6 is 11.6 Å². The molecule has 4 rings (SSSR count). The lowest BCUT2D eigenvalue weighted by atomic mass is 10.1. The quantitative estimate of drug-likeness (QED) is 0.603. The Morgan fingerprint density at radius 1 is 1.21 bits per heavy atom. The molecule has 2 aromatic carbocycles. The molecule has 144 valence electrons. The van der Waals surface area contributed by atoms with Gasteiger partial charge in [-0.05, 0) is 42.8 Å². The zero-order chi connectivity index (χ0) is 19.5. The summed E-state index contributed by atoms with van der Waals surface area (Å²) in [6.45, 7) is 3.22. The van der Waals surface area contributed by atoms with Crippen LogP contribution in [-0.2, 0) is 4.79 Å². The maximum Gasteiger partial charge on any atom is 0.232 e. The van der Waals surface area contributed by atoms with E-state index in [9.17, 15) is 4.79 Å². The Morgan fingerprint density at radius 3 is 2.75 bits per heavy atom. The molecule has 1 fully saturated rings. The fraction of sp³-hybridized carbons (Fsp3) is 0.286. The summed E-state index contributed by atoms with van der Waals surface area (Å²) in [6.07, 6.45) is 1.28. The Labute approximate surface area is 168 Å².